The van der Waals surface area contributed by atoms with E-state index in [0.717, 1.165) is 13.1 Å². The van der Waals surface area contributed by atoms with E-state index in [2.05, 4.69) is 4.99 Å². The van der Waals surface area contributed by atoms with Crippen LogP contribution in [0.2, 0.25) is 0 Å². The first-order valence-electron chi connectivity index (χ1n) is 6.89. The van der Waals surface area contributed by atoms with Crippen LogP contribution >= 0.6 is 0 Å². The summed E-state index contributed by atoms with van der Waals surface area (Å²) in [4.78, 5) is 6.50. The fraction of sp³-hybridized carbons (Fsp3) is 0.500. The van der Waals surface area contributed by atoms with Crippen LogP contribution in [-0.4, -0.2) is 50.8 Å². The van der Waals surface area contributed by atoms with Gasteiger partial charge in [0.25, 0.3) is 0 Å². The molecular weight excluding hydrogens is 288 g/mol. The van der Waals surface area contributed by atoms with Crippen LogP contribution in [0.4, 0.5) is 0 Å². The summed E-state index contributed by atoms with van der Waals surface area (Å²) in [6.07, 6.45) is 0. The van der Waals surface area contributed by atoms with Crippen molar-refractivity contribution in [2.24, 2.45) is 10.7 Å². The fourth-order valence-corrected chi connectivity index (χ4v) is 3.00. The average molecular weight is 312 g/mol. The Kier molecular flexibility index (Phi) is 6.17. The van der Waals surface area contributed by atoms with Gasteiger partial charge in [-0.3, -0.25) is 0 Å². The lowest BCUT2D eigenvalue weighted by Crippen LogP contribution is -2.37. The van der Waals surface area contributed by atoms with E-state index in [0.29, 0.717) is 11.5 Å². The SMILES string of the molecule is CCN(CC)C(N)=NCc1ccccc1S(=O)(=O)N(C)C. The highest BCUT2D eigenvalue weighted by molar-refractivity contribution is 7.89. The van der Waals surface area contributed by atoms with E-state index in [9.17, 15) is 8.42 Å². The number of benzene rings is 1. The number of sulfonamides is 1. The second kappa shape index (κ2) is 7.42. The van der Waals surface area contributed by atoms with Crippen molar-refractivity contribution in [3.8, 4) is 0 Å². The third kappa shape index (κ3) is 4.18. The summed E-state index contributed by atoms with van der Waals surface area (Å²) in [6, 6.07) is 6.85. The number of nitrogens with zero attached hydrogens (tertiary/aromatic N) is 3. The molecular formula is C14H24N4O2S. The molecule has 0 bridgehead atoms. The first-order valence-corrected chi connectivity index (χ1v) is 8.33. The normalized spacial score (nSPS) is 12.7. The summed E-state index contributed by atoms with van der Waals surface area (Å²) in [6.45, 7) is 5.77. The van der Waals surface area contributed by atoms with Gasteiger partial charge in [0, 0.05) is 27.2 Å². The Morgan fingerprint density at radius 2 is 1.76 bits per heavy atom. The van der Waals surface area contributed by atoms with Crippen LogP contribution in [0.3, 0.4) is 0 Å². The summed E-state index contributed by atoms with van der Waals surface area (Å²) >= 11 is 0. The van der Waals surface area contributed by atoms with Gasteiger partial charge in [-0.15, -0.1) is 0 Å². The molecule has 0 amide bonds. The Morgan fingerprint density at radius 3 is 2.29 bits per heavy atom. The lowest BCUT2D eigenvalue weighted by Gasteiger charge is -2.19. The van der Waals surface area contributed by atoms with Gasteiger partial charge in [0.1, 0.15) is 0 Å². The van der Waals surface area contributed by atoms with Crippen molar-refractivity contribution in [1.29, 1.82) is 0 Å². The van der Waals surface area contributed by atoms with Gasteiger partial charge in [-0.05, 0) is 25.5 Å². The zero-order valence-electron chi connectivity index (χ0n) is 13.1. The topological polar surface area (TPSA) is 79.0 Å². The Balaban J connectivity index is 3.09. The predicted molar refractivity (Wildman–Crippen MR) is 85.6 cm³/mol. The maximum atomic E-state index is 12.3. The van der Waals surface area contributed by atoms with Gasteiger partial charge in [-0.1, -0.05) is 18.2 Å². The molecule has 0 saturated heterocycles. The molecule has 0 radical (unpaired) electrons. The van der Waals surface area contributed by atoms with E-state index in [4.69, 9.17) is 5.73 Å². The maximum Gasteiger partial charge on any atom is 0.242 e. The minimum absolute atomic E-state index is 0.242. The molecule has 7 heteroatoms. The Bertz CT molecular complexity index is 593. The molecule has 0 spiro atoms. The van der Waals surface area contributed by atoms with Crippen molar-refractivity contribution in [1.82, 2.24) is 9.21 Å². The first kappa shape index (κ1) is 17.5. The monoisotopic (exact) mass is 312 g/mol. The maximum absolute atomic E-state index is 12.3. The van der Waals surface area contributed by atoms with Crippen molar-refractivity contribution >= 4 is 16.0 Å². The molecule has 0 aliphatic heterocycles. The lowest BCUT2D eigenvalue weighted by molar-refractivity contribution is 0.458. The van der Waals surface area contributed by atoms with Crippen molar-refractivity contribution in [3.63, 3.8) is 0 Å². The van der Waals surface area contributed by atoms with Gasteiger partial charge in [0.05, 0.1) is 11.4 Å². The van der Waals surface area contributed by atoms with Gasteiger partial charge < -0.3 is 10.6 Å². The minimum Gasteiger partial charge on any atom is -0.370 e. The van der Waals surface area contributed by atoms with Crippen LogP contribution in [-0.2, 0) is 16.6 Å². The molecule has 6 nitrogen and oxygen atoms in total. The van der Waals surface area contributed by atoms with Crippen molar-refractivity contribution in [3.05, 3.63) is 29.8 Å². The van der Waals surface area contributed by atoms with E-state index in [1.807, 2.05) is 18.7 Å². The van der Waals surface area contributed by atoms with Gasteiger partial charge in [-0.2, -0.15) is 0 Å². The molecule has 1 rings (SSSR count). The van der Waals surface area contributed by atoms with E-state index in [1.165, 1.54) is 18.4 Å². The highest BCUT2D eigenvalue weighted by Crippen LogP contribution is 2.19. The molecule has 0 fully saturated rings. The molecule has 0 saturated carbocycles. The average Bonchev–Trinajstić information content (AvgIpc) is 2.46. The van der Waals surface area contributed by atoms with Crippen LogP contribution in [0.15, 0.2) is 34.2 Å². The van der Waals surface area contributed by atoms with Crippen LogP contribution in [0.25, 0.3) is 0 Å². The zero-order valence-corrected chi connectivity index (χ0v) is 13.9. The molecule has 0 unspecified atom stereocenters. The third-order valence-corrected chi connectivity index (χ3v) is 5.15. The second-order valence-electron chi connectivity index (χ2n) is 4.74. The van der Waals surface area contributed by atoms with Crippen LogP contribution in [0.5, 0.6) is 0 Å². The quantitative estimate of drug-likeness (QED) is 0.630. The van der Waals surface area contributed by atoms with E-state index >= 15 is 0 Å². The molecule has 0 heterocycles. The minimum atomic E-state index is -3.48. The second-order valence-corrected chi connectivity index (χ2v) is 6.86. The summed E-state index contributed by atoms with van der Waals surface area (Å²) in [7, 11) is -0.450. The Hall–Kier alpha value is -1.60. The third-order valence-electron chi connectivity index (χ3n) is 3.23. The van der Waals surface area contributed by atoms with E-state index in [-0.39, 0.29) is 11.4 Å². The smallest absolute Gasteiger partial charge is 0.242 e. The number of hydrogen-bond donors (Lipinski definition) is 1. The van der Waals surface area contributed by atoms with Crippen molar-refractivity contribution < 1.29 is 8.42 Å². The summed E-state index contributed by atoms with van der Waals surface area (Å²) < 4.78 is 25.8. The van der Waals surface area contributed by atoms with Crippen molar-refractivity contribution in [2.75, 3.05) is 27.2 Å². The summed E-state index contributed by atoms with van der Waals surface area (Å²) in [5.41, 5.74) is 6.56. The number of guanidine groups is 1. The molecule has 118 valence electrons. The van der Waals surface area contributed by atoms with E-state index in [1.54, 1.807) is 24.3 Å². The molecule has 0 aromatic heterocycles. The molecule has 0 aliphatic rings. The number of aliphatic imine (C=N–C) groups is 1. The van der Waals surface area contributed by atoms with Gasteiger partial charge in [-0.25, -0.2) is 17.7 Å². The van der Waals surface area contributed by atoms with Crippen LogP contribution in [0.1, 0.15) is 19.4 Å². The predicted octanol–water partition coefficient (Wildman–Crippen LogP) is 1.09. The summed E-state index contributed by atoms with van der Waals surface area (Å²) in [5.74, 6) is 0.428. The number of nitrogens with two attached hydrogens (primary N) is 1. The fourth-order valence-electron chi connectivity index (χ4n) is 1.90. The molecule has 21 heavy (non-hydrogen) atoms. The largest absolute Gasteiger partial charge is 0.370 e. The molecule has 1 aromatic carbocycles. The molecule has 1 aromatic rings. The first-order chi connectivity index (χ1) is 9.84. The van der Waals surface area contributed by atoms with Crippen LogP contribution in [0, 0.1) is 0 Å². The van der Waals surface area contributed by atoms with E-state index < -0.39 is 10.0 Å². The highest BCUT2D eigenvalue weighted by Gasteiger charge is 2.20. The van der Waals surface area contributed by atoms with Crippen LogP contribution < -0.4 is 5.73 Å². The number of hydrogen-bond acceptors (Lipinski definition) is 3. The Morgan fingerprint density at radius 1 is 1.19 bits per heavy atom. The van der Waals surface area contributed by atoms with Gasteiger partial charge in [0.2, 0.25) is 10.0 Å². The lowest BCUT2D eigenvalue weighted by atomic mass is 10.2. The molecule has 0 aliphatic carbocycles. The zero-order chi connectivity index (χ0) is 16.0. The highest BCUT2D eigenvalue weighted by atomic mass is 32.2. The molecule has 0 atom stereocenters. The van der Waals surface area contributed by atoms with Crippen molar-refractivity contribution in [2.45, 2.75) is 25.3 Å². The van der Waals surface area contributed by atoms with Gasteiger partial charge in [0.15, 0.2) is 5.96 Å². The summed E-state index contributed by atoms with van der Waals surface area (Å²) in [5, 5.41) is 0. The van der Waals surface area contributed by atoms with Gasteiger partial charge >= 0.3 is 0 Å². The standard InChI is InChI=1S/C14H24N4O2S/c1-5-18(6-2)14(15)16-11-12-9-7-8-10-13(12)21(19,20)17(3)4/h7-10H,5-6,11H2,1-4H3,(H2,15,16). The Labute approximate surface area is 127 Å². The number of rotatable bonds is 6. The molecule has 2 N–H and O–H groups in total.